The maximum Gasteiger partial charge on any atom is 0.438 e. The lowest BCUT2D eigenvalue weighted by Crippen LogP contribution is -2.72. The van der Waals surface area contributed by atoms with Crippen LogP contribution in [-0.2, 0) is 0 Å². The van der Waals surface area contributed by atoms with Crippen LogP contribution in [0.1, 0.15) is 0 Å². The van der Waals surface area contributed by atoms with Gasteiger partial charge in [-0.3, -0.25) is 0 Å². The van der Waals surface area contributed by atoms with Crippen LogP contribution in [0.15, 0.2) is 0 Å². The number of hydrogen-bond acceptors (Lipinski definition) is 0. The smallest absolute Gasteiger partial charge is 0.216 e. The van der Waals surface area contributed by atoms with E-state index in [4.69, 9.17) is 0 Å². The summed E-state index contributed by atoms with van der Waals surface area (Å²) >= 11 is 0.497. The van der Waals surface area contributed by atoms with E-state index in [0.717, 1.165) is 0 Å². The Morgan fingerprint density at radius 2 is 0.700 bits per heavy atom. The molecule has 122 valence electrons. The molecule has 0 rings (SSSR count). The average Bonchev–Trinajstić information content (AvgIpc) is 2.10. The van der Waals surface area contributed by atoms with Crippen LogP contribution < -0.4 is 0 Å². The topological polar surface area (TPSA) is 0 Å². The summed E-state index contributed by atoms with van der Waals surface area (Å²) in [6.07, 6.45) is -15.3. The Bertz CT molecular complexity index is 343. The van der Waals surface area contributed by atoms with Gasteiger partial charge >= 0.3 is 34.7 Å². The second kappa shape index (κ2) is 4.53. The summed E-state index contributed by atoms with van der Waals surface area (Å²) in [6, 6.07) is 0. The van der Waals surface area contributed by atoms with Gasteiger partial charge in [0.15, 0.2) is 0 Å². The SMILES string of the molecule is FC(F)(F)C(F)(C(F)(F)F)C(F)(F)C(F)(F)C(F)(F)Br. The largest absolute Gasteiger partial charge is 0.438 e. The minimum absolute atomic E-state index is 0.497. The quantitative estimate of drug-likeness (QED) is 0.459. The van der Waals surface area contributed by atoms with Gasteiger partial charge in [0.25, 0.3) is 0 Å². The molecule has 0 unspecified atom stereocenters. The third kappa shape index (κ3) is 2.43. The van der Waals surface area contributed by atoms with Crippen LogP contribution in [0, 0.1) is 0 Å². The molecule has 0 N–H and O–H groups in total. The van der Waals surface area contributed by atoms with Crippen LogP contribution in [0.3, 0.4) is 0 Å². The van der Waals surface area contributed by atoms with Gasteiger partial charge in [-0.25, -0.2) is 4.39 Å². The lowest BCUT2D eigenvalue weighted by Gasteiger charge is -2.40. The molecular weight excluding hydrogens is 399 g/mol. The summed E-state index contributed by atoms with van der Waals surface area (Å²) in [4.78, 5) is -6.24. The van der Waals surface area contributed by atoms with E-state index in [1.54, 1.807) is 0 Å². The molecule has 0 aliphatic rings. The Morgan fingerprint density at radius 3 is 0.850 bits per heavy atom. The third-order valence-corrected chi connectivity index (χ3v) is 2.46. The van der Waals surface area contributed by atoms with Crippen molar-refractivity contribution in [1.29, 1.82) is 0 Å². The molecule has 0 saturated carbocycles. The summed E-state index contributed by atoms with van der Waals surface area (Å²) in [6.45, 7) is 0. The standard InChI is InChI=1S/C6BrF13/c7-4(13,14)3(11,12)2(9,10)1(8,5(15,16)17)6(18,19)20. The summed E-state index contributed by atoms with van der Waals surface area (Å²) in [5.74, 6) is -15.2. The van der Waals surface area contributed by atoms with E-state index >= 15 is 0 Å². The molecule has 0 aromatic carbocycles. The molecule has 0 amide bonds. The third-order valence-electron chi connectivity index (χ3n) is 1.96. The molecule has 0 aromatic rings. The van der Waals surface area contributed by atoms with Gasteiger partial charge in [-0.1, -0.05) is 0 Å². The fourth-order valence-electron chi connectivity index (χ4n) is 0.911. The molecule has 0 aromatic heterocycles. The highest BCUT2D eigenvalue weighted by Crippen LogP contribution is 2.62. The zero-order valence-corrected chi connectivity index (χ0v) is 9.88. The van der Waals surface area contributed by atoms with Crippen molar-refractivity contribution in [2.45, 2.75) is 34.7 Å². The van der Waals surface area contributed by atoms with Gasteiger partial charge in [0.1, 0.15) is 0 Å². The highest BCUT2D eigenvalue weighted by molar-refractivity contribution is 9.10. The van der Waals surface area contributed by atoms with Crippen LogP contribution in [0.5, 0.6) is 0 Å². The molecule has 0 saturated heterocycles. The van der Waals surface area contributed by atoms with Crippen molar-refractivity contribution in [3.8, 4) is 0 Å². The van der Waals surface area contributed by atoms with E-state index in [1.165, 1.54) is 0 Å². The number of rotatable bonds is 3. The molecular formula is C6BrF13. The minimum atomic E-state index is -7.88. The van der Waals surface area contributed by atoms with E-state index in [1.807, 2.05) is 0 Å². The van der Waals surface area contributed by atoms with Gasteiger partial charge in [0, 0.05) is 0 Å². The molecule has 0 radical (unpaired) electrons. The van der Waals surface area contributed by atoms with E-state index in [-0.39, 0.29) is 0 Å². The van der Waals surface area contributed by atoms with Crippen molar-refractivity contribution in [1.82, 2.24) is 0 Å². The van der Waals surface area contributed by atoms with Crippen molar-refractivity contribution in [2.24, 2.45) is 0 Å². The molecule has 0 spiro atoms. The lowest BCUT2D eigenvalue weighted by atomic mass is 9.91. The monoisotopic (exact) mass is 398 g/mol. The van der Waals surface area contributed by atoms with E-state index in [2.05, 4.69) is 0 Å². The molecule has 0 nitrogen and oxygen atoms in total. The van der Waals surface area contributed by atoms with Crippen molar-refractivity contribution in [3.05, 3.63) is 0 Å². The fraction of sp³-hybridized carbons (Fsp3) is 1.00. The van der Waals surface area contributed by atoms with Gasteiger partial charge in [-0.15, -0.1) is 0 Å². The Morgan fingerprint density at radius 1 is 0.450 bits per heavy atom. The van der Waals surface area contributed by atoms with Gasteiger partial charge in [0.05, 0.1) is 0 Å². The first-order valence-electron chi connectivity index (χ1n) is 3.90. The van der Waals surface area contributed by atoms with E-state index < -0.39 is 34.7 Å². The minimum Gasteiger partial charge on any atom is -0.216 e. The molecule has 14 heteroatoms. The molecule has 0 aliphatic carbocycles. The van der Waals surface area contributed by atoms with Crippen molar-refractivity contribution < 1.29 is 57.1 Å². The second-order valence-electron chi connectivity index (χ2n) is 3.30. The van der Waals surface area contributed by atoms with Gasteiger partial charge in [-0.05, 0) is 15.9 Å². The fourth-order valence-corrected chi connectivity index (χ4v) is 1.16. The molecule has 0 bridgehead atoms. The predicted octanol–water partition coefficient (Wildman–Crippen LogP) is 5.08. The normalized spacial score (nSPS) is 16.5. The Labute approximate surface area is 109 Å². The maximum absolute atomic E-state index is 12.8. The van der Waals surface area contributed by atoms with Crippen LogP contribution >= 0.6 is 15.9 Å². The van der Waals surface area contributed by atoms with Crippen molar-refractivity contribution >= 4 is 15.9 Å². The molecule has 0 heterocycles. The van der Waals surface area contributed by atoms with Gasteiger partial charge < -0.3 is 0 Å². The predicted molar refractivity (Wildman–Crippen MR) is 39.7 cm³/mol. The molecule has 0 atom stereocenters. The first-order chi connectivity index (χ1) is 8.25. The molecule has 0 aliphatic heterocycles. The average molecular weight is 399 g/mol. The van der Waals surface area contributed by atoms with Crippen molar-refractivity contribution in [2.75, 3.05) is 0 Å². The van der Waals surface area contributed by atoms with Gasteiger partial charge in [0.2, 0.25) is 0 Å². The lowest BCUT2D eigenvalue weighted by molar-refractivity contribution is -0.437. The first-order valence-corrected chi connectivity index (χ1v) is 4.69. The Hall–Kier alpha value is -0.430. The van der Waals surface area contributed by atoms with Gasteiger partial charge in [-0.2, -0.15) is 52.7 Å². The highest BCUT2D eigenvalue weighted by Gasteiger charge is 2.93. The summed E-state index contributed by atoms with van der Waals surface area (Å²) in [5, 5.41) is 0. The van der Waals surface area contributed by atoms with Crippen LogP contribution in [0.2, 0.25) is 0 Å². The number of hydrogen-bond donors (Lipinski definition) is 0. The highest BCUT2D eigenvalue weighted by atomic mass is 79.9. The Kier molecular flexibility index (Phi) is 4.43. The number of alkyl halides is 14. The van der Waals surface area contributed by atoms with Crippen LogP contribution in [-0.4, -0.2) is 34.7 Å². The molecule has 0 fully saturated rings. The summed E-state index contributed by atoms with van der Waals surface area (Å²) in [7, 11) is 0. The summed E-state index contributed by atoms with van der Waals surface area (Å²) < 4.78 is 158. The molecule has 20 heavy (non-hydrogen) atoms. The second-order valence-corrected chi connectivity index (χ2v) is 4.30. The zero-order valence-electron chi connectivity index (χ0n) is 8.29. The number of halogens is 14. The zero-order chi connectivity index (χ0) is 17.0. The van der Waals surface area contributed by atoms with Crippen molar-refractivity contribution in [3.63, 3.8) is 0 Å². The van der Waals surface area contributed by atoms with E-state index in [0.29, 0.717) is 15.9 Å². The van der Waals surface area contributed by atoms with Crippen LogP contribution in [0.4, 0.5) is 57.1 Å². The first kappa shape index (κ1) is 19.6. The van der Waals surface area contributed by atoms with Crippen LogP contribution in [0.25, 0.3) is 0 Å². The van der Waals surface area contributed by atoms with E-state index in [9.17, 15) is 57.1 Å². The maximum atomic E-state index is 12.8. The Balaban J connectivity index is 6.38. The summed E-state index contributed by atoms with van der Waals surface area (Å²) in [5.41, 5.74) is -7.88.